The number of aryl methyl sites for hydroxylation is 3. The first kappa shape index (κ1) is 15.7. The molecule has 0 N–H and O–H groups in total. The van der Waals surface area contributed by atoms with E-state index in [0.717, 1.165) is 11.3 Å². The van der Waals surface area contributed by atoms with Gasteiger partial charge in [0.25, 0.3) is 5.82 Å². The van der Waals surface area contributed by atoms with Gasteiger partial charge in [-0.05, 0) is 54.1 Å². The van der Waals surface area contributed by atoms with Crippen LogP contribution >= 0.6 is 0 Å². The zero-order valence-corrected chi connectivity index (χ0v) is 14.9. The van der Waals surface area contributed by atoms with Gasteiger partial charge in [-0.25, -0.2) is 4.57 Å². The molecule has 0 aliphatic rings. The van der Waals surface area contributed by atoms with Crippen molar-refractivity contribution >= 4 is 10.9 Å². The Morgan fingerprint density at radius 1 is 0.957 bits per heavy atom. The SMILES string of the molecule is Cc1ccc(C)c(-c2c3ccc(C(C)C)cc3nc(C)[n+]2C)c1. The smallest absolute Gasteiger partial charge is 0.230 e. The van der Waals surface area contributed by atoms with E-state index in [1.165, 1.54) is 33.3 Å². The molecular formula is C21H25N2+. The van der Waals surface area contributed by atoms with Crippen molar-refractivity contribution in [2.45, 2.75) is 40.5 Å². The van der Waals surface area contributed by atoms with E-state index in [0.29, 0.717) is 5.92 Å². The van der Waals surface area contributed by atoms with Crippen molar-refractivity contribution in [3.05, 3.63) is 58.9 Å². The lowest BCUT2D eigenvalue weighted by Crippen LogP contribution is -2.36. The third kappa shape index (κ3) is 2.74. The summed E-state index contributed by atoms with van der Waals surface area (Å²) in [4.78, 5) is 4.82. The van der Waals surface area contributed by atoms with Crippen LogP contribution in [0.15, 0.2) is 36.4 Å². The van der Waals surface area contributed by atoms with Crippen LogP contribution in [0.3, 0.4) is 0 Å². The molecule has 1 heterocycles. The fourth-order valence-corrected chi connectivity index (χ4v) is 3.11. The van der Waals surface area contributed by atoms with E-state index < -0.39 is 0 Å². The maximum absolute atomic E-state index is 4.82. The maximum atomic E-state index is 4.82. The Morgan fingerprint density at radius 2 is 1.70 bits per heavy atom. The molecule has 0 radical (unpaired) electrons. The molecule has 0 unspecified atom stereocenters. The van der Waals surface area contributed by atoms with Crippen molar-refractivity contribution in [1.82, 2.24) is 4.98 Å². The molecule has 0 atom stereocenters. The fraction of sp³-hybridized carbons (Fsp3) is 0.333. The highest BCUT2D eigenvalue weighted by atomic mass is 15.0. The second-order valence-electron chi connectivity index (χ2n) is 6.82. The molecule has 2 aromatic carbocycles. The molecule has 0 bridgehead atoms. The van der Waals surface area contributed by atoms with Gasteiger partial charge < -0.3 is 0 Å². The Morgan fingerprint density at radius 3 is 2.39 bits per heavy atom. The van der Waals surface area contributed by atoms with Crippen LogP contribution in [0, 0.1) is 20.8 Å². The first-order valence-electron chi connectivity index (χ1n) is 8.26. The lowest BCUT2D eigenvalue weighted by atomic mass is 9.96. The monoisotopic (exact) mass is 305 g/mol. The number of nitrogens with zero attached hydrogens (tertiary/aromatic N) is 2. The summed E-state index contributed by atoms with van der Waals surface area (Å²) in [5, 5.41) is 1.22. The Bertz CT molecular complexity index is 892. The highest BCUT2D eigenvalue weighted by Gasteiger charge is 2.20. The predicted octanol–water partition coefficient (Wildman–Crippen LogP) is 4.77. The first-order chi connectivity index (χ1) is 10.9. The van der Waals surface area contributed by atoms with Crippen LogP contribution in [0.5, 0.6) is 0 Å². The molecule has 0 aliphatic heterocycles. The van der Waals surface area contributed by atoms with E-state index in [1.54, 1.807) is 0 Å². The summed E-state index contributed by atoms with van der Waals surface area (Å²) in [7, 11) is 2.11. The van der Waals surface area contributed by atoms with Gasteiger partial charge in [0, 0.05) is 12.5 Å². The van der Waals surface area contributed by atoms with E-state index in [9.17, 15) is 0 Å². The number of aromatic nitrogens is 2. The van der Waals surface area contributed by atoms with Gasteiger partial charge in [0.1, 0.15) is 5.69 Å². The standard InChI is InChI=1S/C21H25N2/c1-13(2)17-9-10-18-20(12-17)22-16(5)23(6)21(18)19-11-14(3)7-8-15(19)4/h7-13H,1-6H3/q+1. The molecule has 1 aromatic heterocycles. The molecule has 23 heavy (non-hydrogen) atoms. The minimum atomic E-state index is 0.514. The van der Waals surface area contributed by atoms with Crippen LogP contribution in [0.4, 0.5) is 0 Å². The second-order valence-corrected chi connectivity index (χ2v) is 6.82. The summed E-state index contributed by atoms with van der Waals surface area (Å²) in [5.41, 5.74) is 7.55. The molecule has 0 aliphatic carbocycles. The van der Waals surface area contributed by atoms with Crippen LogP contribution in [-0.4, -0.2) is 4.98 Å². The highest BCUT2D eigenvalue weighted by Crippen LogP contribution is 2.30. The van der Waals surface area contributed by atoms with Crippen molar-refractivity contribution in [1.29, 1.82) is 0 Å². The molecule has 3 aromatic rings. The van der Waals surface area contributed by atoms with Gasteiger partial charge in [-0.15, -0.1) is 0 Å². The second kappa shape index (κ2) is 5.77. The van der Waals surface area contributed by atoms with Crippen molar-refractivity contribution in [2.75, 3.05) is 0 Å². The van der Waals surface area contributed by atoms with E-state index in [4.69, 9.17) is 4.98 Å². The zero-order chi connectivity index (χ0) is 16.7. The van der Waals surface area contributed by atoms with Gasteiger partial charge in [0.2, 0.25) is 0 Å². The third-order valence-electron chi connectivity index (χ3n) is 4.69. The minimum Gasteiger partial charge on any atom is -0.230 e. The van der Waals surface area contributed by atoms with Crippen molar-refractivity contribution in [3.63, 3.8) is 0 Å². The fourth-order valence-electron chi connectivity index (χ4n) is 3.11. The summed E-state index contributed by atoms with van der Waals surface area (Å²) in [6, 6.07) is 13.4. The number of benzene rings is 2. The largest absolute Gasteiger partial charge is 0.296 e. The minimum absolute atomic E-state index is 0.514. The average molecular weight is 305 g/mol. The Kier molecular flexibility index (Phi) is 3.93. The molecule has 118 valence electrons. The van der Waals surface area contributed by atoms with Crippen molar-refractivity contribution in [3.8, 4) is 11.3 Å². The van der Waals surface area contributed by atoms with Gasteiger partial charge in [-0.3, -0.25) is 0 Å². The Hall–Kier alpha value is -2.22. The summed E-state index contributed by atoms with van der Waals surface area (Å²) >= 11 is 0. The van der Waals surface area contributed by atoms with E-state index in [-0.39, 0.29) is 0 Å². The average Bonchev–Trinajstić information content (AvgIpc) is 2.51. The highest BCUT2D eigenvalue weighted by molar-refractivity contribution is 5.92. The van der Waals surface area contributed by atoms with E-state index in [2.05, 4.69) is 82.6 Å². The van der Waals surface area contributed by atoms with E-state index >= 15 is 0 Å². The number of hydrogen-bond donors (Lipinski definition) is 0. The first-order valence-corrected chi connectivity index (χ1v) is 8.26. The van der Waals surface area contributed by atoms with Gasteiger partial charge in [-0.1, -0.05) is 37.6 Å². The molecule has 0 saturated heterocycles. The van der Waals surface area contributed by atoms with E-state index in [1.807, 2.05) is 0 Å². The summed E-state index contributed by atoms with van der Waals surface area (Å²) in [6.07, 6.45) is 0. The maximum Gasteiger partial charge on any atom is 0.296 e. The van der Waals surface area contributed by atoms with Crippen LogP contribution in [0.25, 0.3) is 22.2 Å². The molecule has 2 nitrogen and oxygen atoms in total. The van der Waals surface area contributed by atoms with Crippen LogP contribution < -0.4 is 4.57 Å². The summed E-state index contributed by atoms with van der Waals surface area (Å²) in [6.45, 7) is 10.9. The zero-order valence-electron chi connectivity index (χ0n) is 14.9. The number of fused-ring (bicyclic) bond motifs is 1. The predicted molar refractivity (Wildman–Crippen MR) is 96.7 cm³/mol. The van der Waals surface area contributed by atoms with Gasteiger partial charge >= 0.3 is 0 Å². The summed E-state index contributed by atoms with van der Waals surface area (Å²) < 4.78 is 2.21. The lowest BCUT2D eigenvalue weighted by molar-refractivity contribution is -0.668. The van der Waals surface area contributed by atoms with Crippen molar-refractivity contribution < 1.29 is 4.57 Å². The quantitative estimate of drug-likeness (QED) is 0.623. The van der Waals surface area contributed by atoms with Gasteiger partial charge in [0.15, 0.2) is 5.52 Å². The summed E-state index contributed by atoms with van der Waals surface area (Å²) in [5.74, 6) is 1.55. The Balaban J connectivity index is 2.39. The van der Waals surface area contributed by atoms with Crippen LogP contribution in [-0.2, 0) is 7.05 Å². The normalized spacial score (nSPS) is 11.4. The molecule has 2 heteroatoms. The van der Waals surface area contributed by atoms with Crippen LogP contribution in [0.1, 0.15) is 42.3 Å². The molecule has 3 rings (SSSR count). The molecule has 0 saturated carbocycles. The molecule has 0 amide bonds. The molecular weight excluding hydrogens is 280 g/mol. The number of rotatable bonds is 2. The van der Waals surface area contributed by atoms with Gasteiger partial charge in [0.05, 0.1) is 12.4 Å². The van der Waals surface area contributed by atoms with Crippen molar-refractivity contribution in [2.24, 2.45) is 7.05 Å². The number of hydrogen-bond acceptors (Lipinski definition) is 1. The third-order valence-corrected chi connectivity index (χ3v) is 4.69. The lowest BCUT2D eigenvalue weighted by Gasteiger charge is -2.12. The van der Waals surface area contributed by atoms with Crippen LogP contribution in [0.2, 0.25) is 0 Å². The molecule has 0 spiro atoms. The topological polar surface area (TPSA) is 16.8 Å². The Labute approximate surface area is 138 Å². The van der Waals surface area contributed by atoms with Gasteiger partial charge in [-0.2, -0.15) is 0 Å². The molecule has 0 fully saturated rings.